The van der Waals surface area contributed by atoms with Gasteiger partial charge in [-0.15, -0.1) is 0 Å². The predicted molar refractivity (Wildman–Crippen MR) is 88.1 cm³/mol. The van der Waals surface area contributed by atoms with Crippen molar-refractivity contribution in [2.45, 2.75) is 53.6 Å². The van der Waals surface area contributed by atoms with Gasteiger partial charge in [0.05, 0.1) is 0 Å². The summed E-state index contributed by atoms with van der Waals surface area (Å²) >= 11 is 0. The minimum Gasteiger partial charge on any atom is -0.458 e. The number of carbonyl (C=O) groups excluding carboxylic acids is 1. The minimum absolute atomic E-state index is 0.122. The Balaban J connectivity index is 2.81. The summed E-state index contributed by atoms with van der Waals surface area (Å²) in [6.45, 7) is 10.2. The third-order valence-corrected chi connectivity index (χ3v) is 3.69. The van der Waals surface area contributed by atoms with Crippen molar-refractivity contribution < 1.29 is 9.53 Å². The van der Waals surface area contributed by atoms with Gasteiger partial charge in [0.25, 0.3) is 0 Å². The molecule has 0 heterocycles. The van der Waals surface area contributed by atoms with E-state index in [0.717, 1.165) is 12.8 Å². The molecule has 2 unspecified atom stereocenters. The molecule has 0 saturated carbocycles. The van der Waals surface area contributed by atoms with Gasteiger partial charge in [0.1, 0.15) is 6.10 Å². The van der Waals surface area contributed by atoms with Crippen molar-refractivity contribution in [3.05, 3.63) is 48.0 Å². The molecule has 0 amide bonds. The summed E-state index contributed by atoms with van der Waals surface area (Å²) in [5, 5.41) is 0. The fourth-order valence-electron chi connectivity index (χ4n) is 2.26. The highest BCUT2D eigenvalue weighted by molar-refractivity contribution is 5.66. The monoisotopic (exact) mass is 288 g/mol. The van der Waals surface area contributed by atoms with Gasteiger partial charge >= 0.3 is 5.97 Å². The van der Waals surface area contributed by atoms with E-state index in [9.17, 15) is 4.79 Å². The minimum atomic E-state index is -0.220. The molecular weight excluding hydrogens is 260 g/mol. The molecular formula is C19H28O2. The lowest BCUT2D eigenvalue weighted by Crippen LogP contribution is -2.22. The summed E-state index contributed by atoms with van der Waals surface area (Å²) in [7, 11) is 0. The predicted octanol–water partition coefficient (Wildman–Crippen LogP) is 4.79. The first kappa shape index (κ1) is 17.5. The number of hydrogen-bond acceptors (Lipinski definition) is 2. The molecule has 0 fully saturated rings. The molecule has 116 valence electrons. The highest BCUT2D eigenvalue weighted by Crippen LogP contribution is 2.30. The number of benzene rings is 1. The molecule has 0 N–H and O–H groups in total. The van der Waals surface area contributed by atoms with E-state index >= 15 is 0 Å². The van der Waals surface area contributed by atoms with Crippen LogP contribution in [0.25, 0.3) is 0 Å². The number of rotatable bonds is 6. The average Bonchev–Trinajstić information content (AvgIpc) is 2.41. The lowest BCUT2D eigenvalue weighted by molar-refractivity contribution is -0.144. The smallest absolute Gasteiger partial charge is 0.303 e. The molecule has 2 atom stereocenters. The maximum Gasteiger partial charge on any atom is 0.303 e. The normalized spacial score (nSPS) is 14.9. The van der Waals surface area contributed by atoms with Gasteiger partial charge in [-0.25, -0.2) is 0 Å². The number of hydrogen-bond donors (Lipinski definition) is 0. The average molecular weight is 288 g/mol. The molecule has 0 bridgehead atoms. The van der Waals surface area contributed by atoms with Gasteiger partial charge < -0.3 is 4.74 Å². The number of carbonyl (C=O) groups is 1. The Labute approximate surface area is 129 Å². The standard InChI is InChI=1S/C19H28O2/c1-6-18(21-15(2)20)13-12-17(19(3,4)5)14-16-10-8-7-9-11-16/h7-13,17-18H,6,14H2,1-5H3/b13-12+. The second kappa shape index (κ2) is 8.02. The van der Waals surface area contributed by atoms with E-state index in [4.69, 9.17) is 4.74 Å². The van der Waals surface area contributed by atoms with Gasteiger partial charge in [-0.1, -0.05) is 64.1 Å². The molecule has 1 aromatic carbocycles. The van der Waals surface area contributed by atoms with Crippen LogP contribution in [0.5, 0.6) is 0 Å². The van der Waals surface area contributed by atoms with Crippen molar-refractivity contribution in [1.29, 1.82) is 0 Å². The van der Waals surface area contributed by atoms with Gasteiger partial charge in [0.2, 0.25) is 0 Å². The van der Waals surface area contributed by atoms with Crippen LogP contribution in [0.4, 0.5) is 0 Å². The van der Waals surface area contributed by atoms with Crippen molar-refractivity contribution in [3.8, 4) is 0 Å². The van der Waals surface area contributed by atoms with E-state index in [1.165, 1.54) is 12.5 Å². The molecule has 21 heavy (non-hydrogen) atoms. The molecule has 2 heteroatoms. The molecule has 0 radical (unpaired) electrons. The first-order valence-electron chi connectivity index (χ1n) is 7.72. The topological polar surface area (TPSA) is 26.3 Å². The Bertz CT molecular complexity index is 454. The zero-order valence-electron chi connectivity index (χ0n) is 13.9. The van der Waals surface area contributed by atoms with Crippen LogP contribution >= 0.6 is 0 Å². The third-order valence-electron chi connectivity index (χ3n) is 3.69. The molecule has 0 aliphatic rings. The zero-order valence-corrected chi connectivity index (χ0v) is 13.9. The molecule has 0 saturated heterocycles. The van der Waals surface area contributed by atoms with Gasteiger partial charge in [0.15, 0.2) is 0 Å². The molecule has 1 rings (SSSR count). The van der Waals surface area contributed by atoms with Gasteiger partial charge in [-0.05, 0) is 35.8 Å². The highest BCUT2D eigenvalue weighted by atomic mass is 16.5. The van der Waals surface area contributed by atoms with Gasteiger partial charge in [0, 0.05) is 6.92 Å². The van der Waals surface area contributed by atoms with Crippen molar-refractivity contribution >= 4 is 5.97 Å². The van der Waals surface area contributed by atoms with Crippen molar-refractivity contribution in [1.82, 2.24) is 0 Å². The van der Waals surface area contributed by atoms with E-state index in [0.29, 0.717) is 5.92 Å². The van der Waals surface area contributed by atoms with Crippen molar-refractivity contribution in [3.63, 3.8) is 0 Å². The third kappa shape index (κ3) is 6.61. The summed E-state index contributed by atoms with van der Waals surface area (Å²) in [5.74, 6) is 0.186. The Morgan fingerprint density at radius 1 is 1.19 bits per heavy atom. The first-order chi connectivity index (χ1) is 9.82. The second-order valence-corrected chi connectivity index (χ2v) is 6.60. The van der Waals surface area contributed by atoms with Crippen LogP contribution in [0.15, 0.2) is 42.5 Å². The summed E-state index contributed by atoms with van der Waals surface area (Å²) in [4.78, 5) is 11.1. The summed E-state index contributed by atoms with van der Waals surface area (Å²) in [6, 6.07) is 10.5. The van der Waals surface area contributed by atoms with Crippen LogP contribution in [0.3, 0.4) is 0 Å². The van der Waals surface area contributed by atoms with E-state index in [1.54, 1.807) is 0 Å². The lowest BCUT2D eigenvalue weighted by Gasteiger charge is -2.29. The van der Waals surface area contributed by atoms with Crippen LogP contribution in [0, 0.1) is 11.3 Å². The number of allylic oxidation sites excluding steroid dienone is 1. The largest absolute Gasteiger partial charge is 0.458 e. The molecule has 0 aromatic heterocycles. The van der Waals surface area contributed by atoms with Crippen LogP contribution < -0.4 is 0 Å². The molecule has 0 aliphatic carbocycles. The maximum absolute atomic E-state index is 11.1. The Kier molecular flexibility index (Phi) is 6.67. The van der Waals surface area contributed by atoms with E-state index < -0.39 is 0 Å². The summed E-state index contributed by atoms with van der Waals surface area (Å²) in [6.07, 6.45) is 5.93. The van der Waals surface area contributed by atoms with E-state index in [-0.39, 0.29) is 17.5 Å². The molecule has 1 aromatic rings. The SMILES string of the molecule is CCC(/C=C/C(Cc1ccccc1)C(C)(C)C)OC(C)=O. The van der Waals surface area contributed by atoms with Gasteiger partial charge in [-0.3, -0.25) is 4.79 Å². The maximum atomic E-state index is 11.1. The van der Waals surface area contributed by atoms with Gasteiger partial charge in [-0.2, -0.15) is 0 Å². The zero-order chi connectivity index (χ0) is 15.9. The fourth-order valence-corrected chi connectivity index (χ4v) is 2.26. The molecule has 2 nitrogen and oxygen atoms in total. The van der Waals surface area contributed by atoms with Crippen LogP contribution in [-0.2, 0) is 16.0 Å². The van der Waals surface area contributed by atoms with Crippen LogP contribution in [0.1, 0.15) is 46.6 Å². The van der Waals surface area contributed by atoms with Crippen molar-refractivity contribution in [2.75, 3.05) is 0 Å². The van der Waals surface area contributed by atoms with Crippen molar-refractivity contribution in [2.24, 2.45) is 11.3 Å². The Hall–Kier alpha value is -1.57. The quantitative estimate of drug-likeness (QED) is 0.555. The Morgan fingerprint density at radius 3 is 2.29 bits per heavy atom. The first-order valence-corrected chi connectivity index (χ1v) is 7.72. The molecule has 0 aliphatic heterocycles. The Morgan fingerprint density at radius 2 is 1.81 bits per heavy atom. The van der Waals surface area contributed by atoms with Crippen LogP contribution in [-0.4, -0.2) is 12.1 Å². The summed E-state index contributed by atoms with van der Waals surface area (Å²) in [5.41, 5.74) is 1.50. The molecule has 0 spiro atoms. The lowest BCUT2D eigenvalue weighted by atomic mass is 9.77. The summed E-state index contributed by atoms with van der Waals surface area (Å²) < 4.78 is 5.29. The second-order valence-electron chi connectivity index (χ2n) is 6.60. The fraction of sp³-hybridized carbons (Fsp3) is 0.526. The number of ether oxygens (including phenoxy) is 1. The van der Waals surface area contributed by atoms with Crippen LogP contribution in [0.2, 0.25) is 0 Å². The highest BCUT2D eigenvalue weighted by Gasteiger charge is 2.22. The van der Waals surface area contributed by atoms with E-state index in [2.05, 4.69) is 51.1 Å². The van der Waals surface area contributed by atoms with E-state index in [1.807, 2.05) is 19.1 Å². The number of esters is 1.